The normalized spacial score (nSPS) is 19.3. The highest BCUT2D eigenvalue weighted by atomic mass is 32.2. The molecule has 1 fully saturated rings. The van der Waals surface area contributed by atoms with Crippen molar-refractivity contribution in [2.45, 2.75) is 25.0 Å². The highest BCUT2D eigenvalue weighted by Gasteiger charge is 2.37. The van der Waals surface area contributed by atoms with Gasteiger partial charge >= 0.3 is 5.97 Å². The second-order valence-corrected chi connectivity index (χ2v) is 6.80. The molecular weight excluding hydrogens is 370 g/mol. The molecule has 0 spiro atoms. The van der Waals surface area contributed by atoms with Gasteiger partial charge in [0.05, 0.1) is 17.6 Å². The van der Waals surface area contributed by atoms with Crippen LogP contribution >= 0.6 is 11.8 Å². The number of hydrogen-bond acceptors (Lipinski definition) is 8. The molecule has 0 bridgehead atoms. The molecule has 144 valence electrons. The fourth-order valence-electron chi connectivity index (χ4n) is 2.99. The van der Waals surface area contributed by atoms with Crippen molar-refractivity contribution < 1.29 is 23.9 Å². The quantitative estimate of drug-likeness (QED) is 0.181. The predicted octanol–water partition coefficient (Wildman–Crippen LogP) is 0.618. The zero-order valence-electron chi connectivity index (χ0n) is 14.8. The third-order valence-corrected chi connectivity index (χ3v) is 5.01. The molecule has 2 rings (SSSR count). The molecule has 1 heterocycles. The van der Waals surface area contributed by atoms with Crippen LogP contribution in [0.2, 0.25) is 0 Å². The summed E-state index contributed by atoms with van der Waals surface area (Å²) in [7, 11) is 0. The summed E-state index contributed by atoms with van der Waals surface area (Å²) in [5.74, 6) is -1.66. The number of nitrogens with zero attached hydrogens (tertiary/aromatic N) is 1. The van der Waals surface area contributed by atoms with E-state index in [9.17, 15) is 19.2 Å². The van der Waals surface area contributed by atoms with E-state index >= 15 is 0 Å². The van der Waals surface area contributed by atoms with Crippen molar-refractivity contribution >= 4 is 40.8 Å². The topological polar surface area (TPSA) is 131 Å². The Kier molecular flexibility index (Phi) is 7.26. The van der Waals surface area contributed by atoms with Gasteiger partial charge in [-0.05, 0) is 6.26 Å². The second-order valence-electron chi connectivity index (χ2n) is 5.98. The predicted molar refractivity (Wildman–Crippen MR) is 101 cm³/mol. The molecule has 1 aromatic carbocycles. The van der Waals surface area contributed by atoms with Crippen LogP contribution in [-0.4, -0.2) is 65.4 Å². The Hall–Kier alpha value is -2.52. The molecule has 2 atom stereocenters. The average Bonchev–Trinajstić information content (AvgIpc) is 2.71. The Bertz CT molecular complexity index is 750. The molecule has 0 aromatic heterocycles. The molecule has 0 saturated carbocycles. The van der Waals surface area contributed by atoms with Crippen molar-refractivity contribution in [3.8, 4) is 0 Å². The summed E-state index contributed by atoms with van der Waals surface area (Å²) in [5, 5.41) is 8.19. The average molecular weight is 391 g/mol. The van der Waals surface area contributed by atoms with Crippen LogP contribution in [0.25, 0.3) is 0 Å². The number of ether oxygens (including phenoxy) is 1. The number of benzene rings is 1. The molecule has 1 aliphatic rings. The van der Waals surface area contributed by atoms with Crippen LogP contribution in [-0.2, 0) is 19.1 Å². The summed E-state index contributed by atoms with van der Waals surface area (Å²) >= 11 is 1.29. The third-order valence-electron chi connectivity index (χ3n) is 4.37. The lowest BCUT2D eigenvalue weighted by Gasteiger charge is -2.38. The highest BCUT2D eigenvalue weighted by molar-refractivity contribution is 8.13. The van der Waals surface area contributed by atoms with Gasteiger partial charge in [0.15, 0.2) is 5.78 Å². The first kappa shape index (κ1) is 20.8. The van der Waals surface area contributed by atoms with E-state index < -0.39 is 18.1 Å². The Morgan fingerprint density at radius 3 is 2.48 bits per heavy atom. The number of nitrogens with two attached hydrogens (primary N) is 1. The van der Waals surface area contributed by atoms with Crippen LogP contribution < -0.4 is 5.73 Å². The molecule has 9 heteroatoms. The zero-order valence-corrected chi connectivity index (χ0v) is 15.7. The monoisotopic (exact) mass is 391 g/mol. The molecule has 1 amide bonds. The zero-order chi connectivity index (χ0) is 20.0. The number of esters is 1. The Balaban J connectivity index is 2.23. The van der Waals surface area contributed by atoms with Crippen molar-refractivity contribution in [3.05, 3.63) is 35.4 Å². The molecule has 27 heavy (non-hydrogen) atoms. The van der Waals surface area contributed by atoms with Crippen molar-refractivity contribution in [1.29, 1.82) is 5.41 Å². The number of nitrogens with one attached hydrogen (secondary N) is 1. The molecule has 1 aromatic rings. The maximum absolute atomic E-state index is 13.0. The van der Waals surface area contributed by atoms with Gasteiger partial charge in [0.2, 0.25) is 12.2 Å². The third kappa shape index (κ3) is 5.01. The molecule has 0 radical (unpaired) electrons. The Labute approximate surface area is 160 Å². The Morgan fingerprint density at radius 1 is 1.30 bits per heavy atom. The SMILES string of the molecule is CSC(=N)c1ccc(C(=O)C2CC(OC(=O)C=O)CCN2C(=O)CN)cc1. The van der Waals surface area contributed by atoms with E-state index in [1.807, 2.05) is 0 Å². The van der Waals surface area contributed by atoms with Gasteiger partial charge in [-0.2, -0.15) is 0 Å². The minimum atomic E-state index is -0.996. The number of rotatable bonds is 6. The van der Waals surface area contributed by atoms with Gasteiger partial charge in [-0.3, -0.25) is 19.8 Å². The number of piperidine rings is 1. The fourth-order valence-corrected chi connectivity index (χ4v) is 3.36. The molecule has 1 aliphatic heterocycles. The van der Waals surface area contributed by atoms with Gasteiger partial charge in [0.25, 0.3) is 0 Å². The van der Waals surface area contributed by atoms with E-state index in [0.717, 1.165) is 0 Å². The van der Waals surface area contributed by atoms with E-state index in [4.69, 9.17) is 15.9 Å². The minimum Gasteiger partial charge on any atom is -0.457 e. The van der Waals surface area contributed by atoms with E-state index in [0.29, 0.717) is 22.6 Å². The van der Waals surface area contributed by atoms with Gasteiger partial charge in [0, 0.05) is 30.5 Å². The van der Waals surface area contributed by atoms with Gasteiger partial charge in [-0.1, -0.05) is 24.3 Å². The number of hydrogen-bond donors (Lipinski definition) is 2. The molecule has 3 N–H and O–H groups in total. The first-order chi connectivity index (χ1) is 12.9. The lowest BCUT2D eigenvalue weighted by molar-refractivity contribution is -0.156. The van der Waals surface area contributed by atoms with Crippen LogP contribution in [0.4, 0.5) is 0 Å². The summed E-state index contributed by atoms with van der Waals surface area (Å²) in [4.78, 5) is 48.2. The van der Waals surface area contributed by atoms with E-state index in [2.05, 4.69) is 0 Å². The summed E-state index contributed by atoms with van der Waals surface area (Å²) < 4.78 is 5.02. The maximum atomic E-state index is 13.0. The molecule has 1 saturated heterocycles. The number of carbonyl (C=O) groups is 4. The minimum absolute atomic E-state index is 0.0770. The van der Waals surface area contributed by atoms with Gasteiger partial charge in [-0.25, -0.2) is 4.79 Å². The molecule has 0 aliphatic carbocycles. The van der Waals surface area contributed by atoms with Crippen LogP contribution in [0.5, 0.6) is 0 Å². The van der Waals surface area contributed by atoms with Gasteiger partial charge in [-0.15, -0.1) is 11.8 Å². The standard InChI is InChI=1S/C18H21N3O5S/c1-27-18(20)12-4-2-11(3-5-12)17(25)14-8-13(26-16(24)10-22)6-7-21(14)15(23)9-19/h2-5,10,13-14,20H,6-9,19H2,1H3. The number of likely N-dealkylation sites (tertiary alicyclic amines) is 1. The van der Waals surface area contributed by atoms with Crippen LogP contribution in [0.1, 0.15) is 28.8 Å². The number of thioether (sulfide) groups is 1. The second kappa shape index (κ2) is 9.43. The van der Waals surface area contributed by atoms with Gasteiger partial charge < -0.3 is 15.4 Å². The number of amides is 1. The van der Waals surface area contributed by atoms with E-state index in [1.165, 1.54) is 16.7 Å². The van der Waals surface area contributed by atoms with Crippen molar-refractivity contribution in [2.75, 3.05) is 19.3 Å². The summed E-state index contributed by atoms with van der Waals surface area (Å²) in [6, 6.07) is 5.73. The Morgan fingerprint density at radius 2 is 1.93 bits per heavy atom. The first-order valence-corrected chi connectivity index (χ1v) is 9.56. The van der Waals surface area contributed by atoms with Gasteiger partial charge in [0.1, 0.15) is 6.10 Å². The molecular formula is C18H21N3O5S. The van der Waals surface area contributed by atoms with Crippen LogP contribution in [0.3, 0.4) is 0 Å². The summed E-state index contributed by atoms with van der Waals surface area (Å²) in [6.45, 7) is -0.0230. The molecule has 8 nitrogen and oxygen atoms in total. The van der Waals surface area contributed by atoms with E-state index in [1.54, 1.807) is 30.5 Å². The van der Waals surface area contributed by atoms with Crippen LogP contribution in [0, 0.1) is 5.41 Å². The van der Waals surface area contributed by atoms with Crippen LogP contribution in [0.15, 0.2) is 24.3 Å². The largest absolute Gasteiger partial charge is 0.457 e. The van der Waals surface area contributed by atoms with E-state index in [-0.39, 0.29) is 37.5 Å². The lowest BCUT2D eigenvalue weighted by atomic mass is 9.92. The number of Topliss-reactive ketones (excluding diaryl/α,β-unsaturated/α-hetero) is 1. The number of carbonyl (C=O) groups excluding carboxylic acids is 4. The van der Waals surface area contributed by atoms with Crippen molar-refractivity contribution in [3.63, 3.8) is 0 Å². The van der Waals surface area contributed by atoms with Crippen molar-refractivity contribution in [2.24, 2.45) is 5.73 Å². The highest BCUT2D eigenvalue weighted by Crippen LogP contribution is 2.24. The lowest BCUT2D eigenvalue weighted by Crippen LogP contribution is -2.53. The summed E-state index contributed by atoms with van der Waals surface area (Å²) in [6.07, 6.45) is 1.68. The maximum Gasteiger partial charge on any atom is 0.371 e. The first-order valence-electron chi connectivity index (χ1n) is 8.33. The fraction of sp³-hybridized carbons (Fsp3) is 0.389. The number of aldehydes is 1. The molecule has 2 unspecified atom stereocenters. The number of ketones is 1. The smallest absolute Gasteiger partial charge is 0.371 e. The van der Waals surface area contributed by atoms with Crippen molar-refractivity contribution in [1.82, 2.24) is 4.90 Å². The summed E-state index contributed by atoms with van der Waals surface area (Å²) in [5.41, 5.74) is 6.52.